The predicted molar refractivity (Wildman–Crippen MR) is 130 cm³/mol. The number of halogens is 1. The Hall–Kier alpha value is -3.69. The van der Waals surface area contributed by atoms with Gasteiger partial charge in [-0.3, -0.25) is 14.4 Å². The van der Waals surface area contributed by atoms with Gasteiger partial charge >= 0.3 is 0 Å². The highest BCUT2D eigenvalue weighted by Crippen LogP contribution is 2.24. The number of carbonyl (C=O) groups excluding carboxylic acids is 3. The summed E-state index contributed by atoms with van der Waals surface area (Å²) in [4.78, 5) is 42.7. The number of thiophene rings is 1. The minimum absolute atomic E-state index is 0.0166. The van der Waals surface area contributed by atoms with Crippen LogP contribution in [-0.2, 0) is 22.7 Å². The van der Waals surface area contributed by atoms with Crippen molar-refractivity contribution < 1.29 is 14.4 Å². The number of hydrogen-bond donors (Lipinski definition) is 2. The first-order valence-electron chi connectivity index (χ1n) is 9.96. The first-order valence-corrected chi connectivity index (χ1v) is 11.3. The number of amides is 3. The average Bonchev–Trinajstić information content (AvgIpc) is 3.40. The summed E-state index contributed by atoms with van der Waals surface area (Å²) in [6.45, 7) is 1.62. The van der Waals surface area contributed by atoms with Crippen molar-refractivity contribution in [2.75, 3.05) is 10.2 Å². The maximum absolute atomic E-state index is 13.5. The SMILES string of the molecule is CC(=O)Nc1ccc(N(Cc2ccsc2)C(=O)Cn2c(C(N)=O)nc3cc(Cl)ccc32)cc1. The van der Waals surface area contributed by atoms with Crippen molar-refractivity contribution in [2.45, 2.75) is 20.0 Å². The fraction of sp³-hybridized carbons (Fsp3) is 0.130. The van der Waals surface area contributed by atoms with Gasteiger partial charge in [0, 0.05) is 23.3 Å². The highest BCUT2D eigenvalue weighted by molar-refractivity contribution is 7.07. The van der Waals surface area contributed by atoms with E-state index >= 15 is 0 Å². The highest BCUT2D eigenvalue weighted by Gasteiger charge is 2.22. The average molecular weight is 482 g/mol. The number of nitrogens with two attached hydrogens (primary N) is 1. The third kappa shape index (κ3) is 5.05. The number of hydrogen-bond acceptors (Lipinski definition) is 5. The number of fused-ring (bicyclic) bond motifs is 1. The van der Waals surface area contributed by atoms with E-state index in [0.717, 1.165) is 5.56 Å². The van der Waals surface area contributed by atoms with Crippen LogP contribution in [0, 0.1) is 0 Å². The molecule has 33 heavy (non-hydrogen) atoms. The molecule has 0 fully saturated rings. The van der Waals surface area contributed by atoms with Crippen molar-refractivity contribution in [3.05, 3.63) is 75.7 Å². The van der Waals surface area contributed by atoms with Crippen LogP contribution in [0.1, 0.15) is 23.1 Å². The fourth-order valence-corrected chi connectivity index (χ4v) is 4.31. The molecule has 4 rings (SSSR count). The molecule has 0 saturated carbocycles. The van der Waals surface area contributed by atoms with Crippen LogP contribution in [-0.4, -0.2) is 27.3 Å². The first kappa shape index (κ1) is 22.5. The van der Waals surface area contributed by atoms with E-state index in [4.69, 9.17) is 17.3 Å². The van der Waals surface area contributed by atoms with Crippen molar-refractivity contribution in [1.29, 1.82) is 0 Å². The summed E-state index contributed by atoms with van der Waals surface area (Å²) >= 11 is 7.59. The molecule has 0 aliphatic heterocycles. The van der Waals surface area contributed by atoms with Gasteiger partial charge in [-0.15, -0.1) is 0 Å². The van der Waals surface area contributed by atoms with Gasteiger partial charge in [-0.1, -0.05) is 11.6 Å². The van der Waals surface area contributed by atoms with Crippen molar-refractivity contribution in [2.24, 2.45) is 5.73 Å². The Balaban J connectivity index is 1.69. The Morgan fingerprint density at radius 2 is 1.91 bits per heavy atom. The van der Waals surface area contributed by atoms with Gasteiger partial charge in [0.25, 0.3) is 5.91 Å². The Bertz CT molecular complexity index is 1330. The second-order valence-electron chi connectivity index (χ2n) is 7.36. The van der Waals surface area contributed by atoms with Crippen LogP contribution in [0.25, 0.3) is 11.0 Å². The van der Waals surface area contributed by atoms with Gasteiger partial charge in [-0.2, -0.15) is 11.3 Å². The molecule has 10 heteroatoms. The van der Waals surface area contributed by atoms with Gasteiger partial charge in [0.1, 0.15) is 6.54 Å². The third-order valence-corrected chi connectivity index (χ3v) is 5.91. The lowest BCUT2D eigenvalue weighted by molar-refractivity contribution is -0.119. The summed E-state index contributed by atoms with van der Waals surface area (Å²) in [5.41, 5.74) is 8.84. The topological polar surface area (TPSA) is 110 Å². The molecule has 0 aliphatic carbocycles. The van der Waals surface area contributed by atoms with Crippen molar-refractivity contribution in [1.82, 2.24) is 9.55 Å². The monoisotopic (exact) mass is 481 g/mol. The second kappa shape index (κ2) is 9.43. The molecule has 0 atom stereocenters. The number of benzene rings is 2. The molecule has 0 radical (unpaired) electrons. The Kier molecular flexibility index (Phi) is 6.43. The number of primary amides is 1. The molecule has 4 aromatic rings. The largest absolute Gasteiger partial charge is 0.363 e. The third-order valence-electron chi connectivity index (χ3n) is 4.95. The normalized spacial score (nSPS) is 10.8. The Morgan fingerprint density at radius 3 is 2.55 bits per heavy atom. The smallest absolute Gasteiger partial charge is 0.284 e. The molecule has 2 heterocycles. The van der Waals surface area contributed by atoms with Crippen molar-refractivity contribution >= 4 is 63.1 Å². The van der Waals surface area contributed by atoms with E-state index in [-0.39, 0.29) is 24.2 Å². The lowest BCUT2D eigenvalue weighted by atomic mass is 10.2. The second-order valence-corrected chi connectivity index (χ2v) is 8.57. The Labute approximate surface area is 198 Å². The van der Waals surface area contributed by atoms with Gasteiger partial charge in [0.15, 0.2) is 5.82 Å². The lowest BCUT2D eigenvalue weighted by Crippen LogP contribution is -2.34. The molecule has 0 saturated heterocycles. The van der Waals surface area contributed by atoms with E-state index in [1.807, 2.05) is 16.8 Å². The van der Waals surface area contributed by atoms with E-state index in [1.54, 1.807) is 47.4 Å². The molecule has 2 aromatic heterocycles. The number of nitrogens with zero attached hydrogens (tertiary/aromatic N) is 3. The molecule has 0 spiro atoms. The maximum atomic E-state index is 13.5. The van der Waals surface area contributed by atoms with E-state index in [9.17, 15) is 14.4 Å². The molecule has 0 unspecified atom stereocenters. The fourth-order valence-electron chi connectivity index (χ4n) is 3.49. The standard InChI is InChI=1S/C23H20ClN5O3S/c1-14(30)26-17-3-5-18(6-4-17)28(11-15-8-9-33-13-15)21(31)12-29-20-7-2-16(24)10-19(20)27-23(29)22(25)32/h2-10,13H,11-12H2,1H3,(H2,25,32)(H,26,30). The zero-order chi connectivity index (χ0) is 23.5. The van der Waals surface area contributed by atoms with Gasteiger partial charge in [0.2, 0.25) is 11.8 Å². The highest BCUT2D eigenvalue weighted by atomic mass is 35.5. The predicted octanol–water partition coefficient (Wildman–Crippen LogP) is 4.04. The van der Waals surface area contributed by atoms with E-state index < -0.39 is 5.91 Å². The molecule has 3 amide bonds. The van der Waals surface area contributed by atoms with Crippen LogP contribution in [0.5, 0.6) is 0 Å². The quantitative estimate of drug-likeness (QED) is 0.415. The minimum Gasteiger partial charge on any atom is -0.363 e. The van der Waals surface area contributed by atoms with Crippen LogP contribution < -0.4 is 16.0 Å². The lowest BCUT2D eigenvalue weighted by Gasteiger charge is -2.23. The summed E-state index contributed by atoms with van der Waals surface area (Å²) in [5, 5.41) is 7.09. The summed E-state index contributed by atoms with van der Waals surface area (Å²) in [5.74, 6) is -1.19. The molecule has 168 valence electrons. The van der Waals surface area contributed by atoms with Crippen molar-refractivity contribution in [3.63, 3.8) is 0 Å². The molecule has 0 aliphatic rings. The number of rotatable bonds is 7. The number of imidazole rings is 1. The zero-order valence-electron chi connectivity index (χ0n) is 17.6. The molecule has 2 aromatic carbocycles. The first-order chi connectivity index (χ1) is 15.8. The van der Waals surface area contributed by atoms with Crippen LogP contribution in [0.3, 0.4) is 0 Å². The van der Waals surface area contributed by atoms with Crippen LogP contribution in [0.4, 0.5) is 11.4 Å². The summed E-state index contributed by atoms with van der Waals surface area (Å²) in [6, 6.07) is 13.9. The van der Waals surface area contributed by atoms with Crippen LogP contribution in [0.2, 0.25) is 5.02 Å². The van der Waals surface area contributed by atoms with Crippen molar-refractivity contribution in [3.8, 4) is 0 Å². The maximum Gasteiger partial charge on any atom is 0.284 e. The molecule has 3 N–H and O–H groups in total. The molecular formula is C23H20ClN5O3S. The summed E-state index contributed by atoms with van der Waals surface area (Å²) in [7, 11) is 0. The van der Waals surface area contributed by atoms with E-state index in [2.05, 4.69) is 10.3 Å². The number of aromatic nitrogens is 2. The van der Waals surface area contributed by atoms with Gasteiger partial charge < -0.3 is 20.5 Å². The summed E-state index contributed by atoms with van der Waals surface area (Å²) < 4.78 is 1.50. The number of nitrogens with one attached hydrogen (secondary N) is 1. The number of carbonyl (C=O) groups is 3. The minimum atomic E-state index is -0.737. The Morgan fingerprint density at radius 1 is 1.15 bits per heavy atom. The molecule has 0 bridgehead atoms. The van der Waals surface area contributed by atoms with Gasteiger partial charge in [-0.05, 0) is 64.9 Å². The van der Waals surface area contributed by atoms with Crippen LogP contribution in [0.15, 0.2) is 59.3 Å². The van der Waals surface area contributed by atoms with E-state index in [0.29, 0.717) is 34.0 Å². The zero-order valence-corrected chi connectivity index (χ0v) is 19.2. The van der Waals surface area contributed by atoms with Crippen LogP contribution >= 0.6 is 22.9 Å². The molecular weight excluding hydrogens is 462 g/mol. The summed E-state index contributed by atoms with van der Waals surface area (Å²) in [6.07, 6.45) is 0. The van der Waals surface area contributed by atoms with Gasteiger partial charge in [-0.25, -0.2) is 4.98 Å². The van der Waals surface area contributed by atoms with E-state index in [1.165, 1.54) is 22.8 Å². The number of anilines is 2. The van der Waals surface area contributed by atoms with Gasteiger partial charge in [0.05, 0.1) is 17.6 Å². The molecule has 8 nitrogen and oxygen atoms in total.